The lowest BCUT2D eigenvalue weighted by Crippen LogP contribution is -2.34. The van der Waals surface area contributed by atoms with Gasteiger partial charge in [0.1, 0.15) is 6.29 Å². The van der Waals surface area contributed by atoms with Crippen molar-refractivity contribution in [3.05, 3.63) is 29.3 Å². The van der Waals surface area contributed by atoms with Crippen molar-refractivity contribution in [3.63, 3.8) is 0 Å². The van der Waals surface area contributed by atoms with Gasteiger partial charge in [0, 0.05) is 17.7 Å². The molecule has 0 heterocycles. The van der Waals surface area contributed by atoms with Crippen molar-refractivity contribution in [2.24, 2.45) is 5.92 Å². The third-order valence-electron chi connectivity index (χ3n) is 2.42. The zero-order valence-electron chi connectivity index (χ0n) is 10.4. The molecule has 1 rings (SSSR count). The van der Waals surface area contributed by atoms with Gasteiger partial charge in [0.25, 0.3) is 5.91 Å². The Morgan fingerprint density at radius 2 is 2.11 bits per heavy atom. The first-order valence-corrected chi connectivity index (χ1v) is 5.69. The van der Waals surface area contributed by atoms with E-state index in [1.807, 2.05) is 13.8 Å². The predicted molar refractivity (Wildman–Crippen MR) is 68.8 cm³/mol. The monoisotopic (exact) mass is 249 g/mol. The van der Waals surface area contributed by atoms with E-state index in [0.29, 0.717) is 24.3 Å². The first kappa shape index (κ1) is 14.4. The third kappa shape index (κ3) is 3.68. The summed E-state index contributed by atoms with van der Waals surface area (Å²) in [4.78, 5) is 22.6. The molecule has 0 aliphatic heterocycles. The maximum atomic E-state index is 11.7. The predicted octanol–water partition coefficient (Wildman–Crippen LogP) is -0.435. The second kappa shape index (κ2) is 6.32. The lowest BCUT2D eigenvalue weighted by Gasteiger charge is -2.09. The number of carbonyl (C=O) groups excluding carboxylic acids is 2. The van der Waals surface area contributed by atoms with E-state index in [4.69, 9.17) is 10.0 Å². The molecular weight excluding hydrogens is 233 g/mol. The molecule has 0 radical (unpaired) electrons. The largest absolute Gasteiger partial charge is 0.489 e. The zero-order chi connectivity index (χ0) is 13.7. The highest BCUT2D eigenvalue weighted by Crippen LogP contribution is 2.03. The maximum absolute atomic E-state index is 11.7. The summed E-state index contributed by atoms with van der Waals surface area (Å²) < 4.78 is 0. The van der Waals surface area contributed by atoms with Crippen LogP contribution in [0.3, 0.4) is 0 Å². The normalized spacial score (nSPS) is 10.3. The van der Waals surface area contributed by atoms with Gasteiger partial charge in [-0.15, -0.1) is 0 Å². The van der Waals surface area contributed by atoms with Gasteiger partial charge < -0.3 is 15.4 Å². The first-order chi connectivity index (χ1) is 8.45. The highest BCUT2D eigenvalue weighted by molar-refractivity contribution is 6.60. The molecule has 3 N–H and O–H groups in total. The minimum atomic E-state index is -1.72. The van der Waals surface area contributed by atoms with Crippen LogP contribution in [0.5, 0.6) is 0 Å². The average molecular weight is 249 g/mol. The van der Waals surface area contributed by atoms with Gasteiger partial charge in [0.05, 0.1) is 0 Å². The van der Waals surface area contributed by atoms with Gasteiger partial charge in [-0.05, 0) is 23.5 Å². The molecule has 6 heteroatoms. The second-order valence-corrected chi connectivity index (χ2v) is 4.44. The number of amides is 1. The van der Waals surface area contributed by atoms with Crippen molar-refractivity contribution in [1.82, 2.24) is 5.32 Å². The molecule has 0 aliphatic rings. The van der Waals surface area contributed by atoms with Gasteiger partial charge in [-0.3, -0.25) is 9.59 Å². The van der Waals surface area contributed by atoms with E-state index in [2.05, 4.69) is 5.32 Å². The van der Waals surface area contributed by atoms with E-state index in [1.54, 1.807) is 0 Å². The maximum Gasteiger partial charge on any atom is 0.489 e. The van der Waals surface area contributed by atoms with Crippen LogP contribution in [0.4, 0.5) is 0 Å². The van der Waals surface area contributed by atoms with E-state index in [9.17, 15) is 9.59 Å². The number of nitrogens with one attached hydrogen (secondary N) is 1. The standard InChI is InChI=1S/C12H16BNO4/c1-8(2)6-14-12(16)9-3-4-11(13(17)18)10(5-9)7-15/h3-5,7-8,17-18H,6H2,1-2H3,(H,14,16). The van der Waals surface area contributed by atoms with Gasteiger partial charge in [-0.2, -0.15) is 0 Å². The number of rotatable bonds is 5. The molecule has 1 amide bonds. The minimum absolute atomic E-state index is 0.0883. The Labute approximate surface area is 106 Å². The van der Waals surface area contributed by atoms with Crippen LogP contribution in [0.15, 0.2) is 18.2 Å². The third-order valence-corrected chi connectivity index (χ3v) is 2.42. The topological polar surface area (TPSA) is 86.6 Å². The molecule has 96 valence electrons. The Bertz CT molecular complexity index is 446. The molecule has 0 saturated heterocycles. The number of hydrogen-bond donors (Lipinski definition) is 3. The van der Waals surface area contributed by atoms with Crippen molar-refractivity contribution in [3.8, 4) is 0 Å². The Morgan fingerprint density at radius 3 is 2.61 bits per heavy atom. The highest BCUT2D eigenvalue weighted by atomic mass is 16.4. The summed E-state index contributed by atoms with van der Waals surface area (Å²) in [6, 6.07) is 4.16. The summed E-state index contributed by atoms with van der Waals surface area (Å²) in [6.45, 7) is 4.49. The van der Waals surface area contributed by atoms with Gasteiger partial charge in [0.15, 0.2) is 0 Å². The fraction of sp³-hybridized carbons (Fsp3) is 0.333. The van der Waals surface area contributed by atoms with Crippen molar-refractivity contribution < 1.29 is 19.6 Å². The van der Waals surface area contributed by atoms with Crippen LogP contribution in [0, 0.1) is 5.92 Å². The summed E-state index contributed by atoms with van der Waals surface area (Å²) in [5.74, 6) is 0.0452. The molecule has 0 fully saturated rings. The lowest BCUT2D eigenvalue weighted by molar-refractivity contribution is 0.0949. The fourth-order valence-electron chi connectivity index (χ4n) is 1.45. The SMILES string of the molecule is CC(C)CNC(=O)c1ccc(B(O)O)c(C=O)c1. The Hall–Kier alpha value is -1.66. The van der Waals surface area contributed by atoms with Crippen LogP contribution in [0.1, 0.15) is 34.6 Å². The van der Waals surface area contributed by atoms with Crippen LogP contribution in [-0.4, -0.2) is 35.9 Å². The summed E-state index contributed by atoms with van der Waals surface area (Å²) in [5.41, 5.74) is 0.509. The number of hydrogen-bond acceptors (Lipinski definition) is 4. The van der Waals surface area contributed by atoms with Crippen molar-refractivity contribution >= 4 is 24.8 Å². The molecule has 18 heavy (non-hydrogen) atoms. The Balaban J connectivity index is 2.91. The fourth-order valence-corrected chi connectivity index (χ4v) is 1.45. The molecule has 1 aromatic rings. The molecule has 0 bridgehead atoms. The Kier molecular flexibility index (Phi) is 5.06. The summed E-state index contributed by atoms with van der Waals surface area (Å²) in [7, 11) is -1.72. The van der Waals surface area contributed by atoms with Crippen LogP contribution in [0.2, 0.25) is 0 Å². The van der Waals surface area contributed by atoms with Gasteiger partial charge >= 0.3 is 7.12 Å². The van der Waals surface area contributed by atoms with E-state index in [-0.39, 0.29) is 16.9 Å². The molecular formula is C12H16BNO4. The second-order valence-electron chi connectivity index (χ2n) is 4.44. The molecule has 0 aromatic heterocycles. The first-order valence-electron chi connectivity index (χ1n) is 5.69. The number of aldehydes is 1. The number of carbonyl (C=O) groups is 2. The van der Waals surface area contributed by atoms with Crippen LogP contribution in [-0.2, 0) is 0 Å². The van der Waals surface area contributed by atoms with E-state index in [0.717, 1.165) is 0 Å². The van der Waals surface area contributed by atoms with Crippen molar-refractivity contribution in [2.45, 2.75) is 13.8 Å². The summed E-state index contributed by atoms with van der Waals surface area (Å²) >= 11 is 0. The lowest BCUT2D eigenvalue weighted by atomic mass is 9.77. The van der Waals surface area contributed by atoms with E-state index in [1.165, 1.54) is 18.2 Å². The van der Waals surface area contributed by atoms with Gasteiger partial charge in [-0.1, -0.05) is 19.9 Å². The quantitative estimate of drug-likeness (QED) is 0.488. The summed E-state index contributed by atoms with van der Waals surface area (Å²) in [5, 5.41) is 20.8. The van der Waals surface area contributed by atoms with E-state index < -0.39 is 7.12 Å². The average Bonchev–Trinajstić information content (AvgIpc) is 2.34. The van der Waals surface area contributed by atoms with Crippen LogP contribution < -0.4 is 10.8 Å². The van der Waals surface area contributed by atoms with Gasteiger partial charge in [0.2, 0.25) is 0 Å². The van der Waals surface area contributed by atoms with Crippen LogP contribution >= 0.6 is 0 Å². The van der Waals surface area contributed by atoms with Crippen molar-refractivity contribution in [2.75, 3.05) is 6.54 Å². The highest BCUT2D eigenvalue weighted by Gasteiger charge is 2.17. The molecule has 0 atom stereocenters. The molecule has 0 aliphatic carbocycles. The molecule has 0 saturated carbocycles. The number of benzene rings is 1. The van der Waals surface area contributed by atoms with Crippen LogP contribution in [0.25, 0.3) is 0 Å². The molecule has 0 unspecified atom stereocenters. The van der Waals surface area contributed by atoms with Gasteiger partial charge in [-0.25, -0.2) is 0 Å². The smallest absolute Gasteiger partial charge is 0.423 e. The zero-order valence-corrected chi connectivity index (χ0v) is 10.4. The molecule has 0 spiro atoms. The Morgan fingerprint density at radius 1 is 1.44 bits per heavy atom. The van der Waals surface area contributed by atoms with E-state index >= 15 is 0 Å². The molecule has 1 aromatic carbocycles. The summed E-state index contributed by atoms with van der Waals surface area (Å²) in [6.07, 6.45) is 0.494. The molecule has 5 nitrogen and oxygen atoms in total. The van der Waals surface area contributed by atoms with Crippen molar-refractivity contribution in [1.29, 1.82) is 0 Å². The minimum Gasteiger partial charge on any atom is -0.423 e.